The molecule has 28 heavy (non-hydrogen) atoms. The van der Waals surface area contributed by atoms with E-state index >= 15 is 0 Å². The second-order valence-corrected chi connectivity index (χ2v) is 7.49. The van der Waals surface area contributed by atoms with Gasteiger partial charge in [0.1, 0.15) is 5.82 Å². The lowest BCUT2D eigenvalue weighted by Crippen LogP contribution is -2.46. The molecule has 5 heteroatoms. The van der Waals surface area contributed by atoms with E-state index in [4.69, 9.17) is 4.98 Å². The summed E-state index contributed by atoms with van der Waals surface area (Å²) in [4.78, 5) is 14.0. The number of anilines is 3. The molecule has 1 aromatic heterocycles. The number of rotatable bonds is 5. The second-order valence-electron chi connectivity index (χ2n) is 7.49. The molecule has 4 rings (SSSR count). The topological polar surface area (TPSA) is 44.3 Å². The van der Waals surface area contributed by atoms with Gasteiger partial charge in [0.05, 0.1) is 0 Å². The number of piperazine rings is 1. The van der Waals surface area contributed by atoms with E-state index in [2.05, 4.69) is 82.5 Å². The highest BCUT2D eigenvalue weighted by atomic mass is 15.3. The Bertz CT molecular complexity index is 897. The molecule has 1 saturated heterocycles. The summed E-state index contributed by atoms with van der Waals surface area (Å²) in [7, 11) is 0. The first kappa shape index (κ1) is 18.4. The molecule has 1 aliphatic heterocycles. The van der Waals surface area contributed by atoms with Crippen molar-refractivity contribution in [3.05, 3.63) is 77.5 Å². The van der Waals surface area contributed by atoms with Crippen LogP contribution in [-0.4, -0.2) is 41.0 Å². The van der Waals surface area contributed by atoms with Crippen molar-refractivity contribution in [1.82, 2.24) is 14.9 Å². The van der Waals surface area contributed by atoms with Gasteiger partial charge in [-0.2, -0.15) is 4.98 Å². The Hall–Kier alpha value is -2.92. The van der Waals surface area contributed by atoms with Gasteiger partial charge in [-0.1, -0.05) is 36.4 Å². The van der Waals surface area contributed by atoms with Crippen LogP contribution in [0.3, 0.4) is 0 Å². The number of nitrogens with zero attached hydrogens (tertiary/aromatic N) is 4. The van der Waals surface area contributed by atoms with Crippen molar-refractivity contribution in [3.8, 4) is 0 Å². The van der Waals surface area contributed by atoms with E-state index in [0.717, 1.165) is 50.2 Å². The first-order valence-electron chi connectivity index (χ1n) is 9.85. The maximum absolute atomic E-state index is 4.75. The molecule has 1 aliphatic rings. The van der Waals surface area contributed by atoms with E-state index in [0.29, 0.717) is 0 Å². The molecule has 5 nitrogen and oxygen atoms in total. The van der Waals surface area contributed by atoms with Crippen LogP contribution in [0.4, 0.5) is 17.5 Å². The van der Waals surface area contributed by atoms with Crippen molar-refractivity contribution < 1.29 is 0 Å². The van der Waals surface area contributed by atoms with Crippen LogP contribution in [0.15, 0.2) is 60.8 Å². The number of hydrogen-bond acceptors (Lipinski definition) is 5. The smallest absolute Gasteiger partial charge is 0.227 e. The van der Waals surface area contributed by atoms with Gasteiger partial charge in [-0.05, 0) is 48.7 Å². The molecule has 0 spiro atoms. The van der Waals surface area contributed by atoms with Crippen LogP contribution in [0.2, 0.25) is 0 Å². The highest BCUT2D eigenvalue weighted by Gasteiger charge is 2.19. The molecule has 0 aliphatic carbocycles. The molecule has 0 unspecified atom stereocenters. The molecule has 0 bridgehead atoms. The molecule has 0 atom stereocenters. The lowest BCUT2D eigenvalue weighted by molar-refractivity contribution is 0.248. The third-order valence-corrected chi connectivity index (χ3v) is 5.04. The number of aryl methyl sites for hydroxylation is 2. The largest absolute Gasteiger partial charge is 0.340 e. The van der Waals surface area contributed by atoms with Gasteiger partial charge in [0.2, 0.25) is 5.95 Å². The fourth-order valence-corrected chi connectivity index (χ4v) is 3.71. The highest BCUT2D eigenvalue weighted by molar-refractivity contribution is 5.59. The number of aromatic nitrogens is 2. The Labute approximate surface area is 167 Å². The Morgan fingerprint density at radius 1 is 0.893 bits per heavy atom. The van der Waals surface area contributed by atoms with Crippen LogP contribution in [0.25, 0.3) is 0 Å². The molecule has 2 heterocycles. The van der Waals surface area contributed by atoms with E-state index < -0.39 is 0 Å². The highest BCUT2D eigenvalue weighted by Crippen LogP contribution is 2.20. The van der Waals surface area contributed by atoms with Crippen molar-refractivity contribution in [2.75, 3.05) is 36.4 Å². The Balaban J connectivity index is 1.38. The summed E-state index contributed by atoms with van der Waals surface area (Å²) >= 11 is 0. The van der Waals surface area contributed by atoms with E-state index in [-0.39, 0.29) is 0 Å². The van der Waals surface area contributed by atoms with Crippen LogP contribution in [0, 0.1) is 13.8 Å². The molecular weight excluding hydrogens is 346 g/mol. The van der Waals surface area contributed by atoms with Crippen molar-refractivity contribution >= 4 is 17.5 Å². The summed E-state index contributed by atoms with van der Waals surface area (Å²) in [5.41, 5.74) is 4.92. The van der Waals surface area contributed by atoms with E-state index in [1.165, 1.54) is 16.7 Å². The van der Waals surface area contributed by atoms with Gasteiger partial charge in [-0.25, -0.2) is 4.98 Å². The first-order valence-corrected chi connectivity index (χ1v) is 9.85. The van der Waals surface area contributed by atoms with Crippen molar-refractivity contribution in [1.29, 1.82) is 0 Å². The van der Waals surface area contributed by atoms with E-state index in [9.17, 15) is 0 Å². The van der Waals surface area contributed by atoms with Crippen molar-refractivity contribution in [3.63, 3.8) is 0 Å². The summed E-state index contributed by atoms with van der Waals surface area (Å²) in [6.07, 6.45) is 1.84. The minimum Gasteiger partial charge on any atom is -0.340 e. The molecule has 1 fully saturated rings. The quantitative estimate of drug-likeness (QED) is 0.727. The van der Waals surface area contributed by atoms with Gasteiger partial charge >= 0.3 is 0 Å². The van der Waals surface area contributed by atoms with Crippen LogP contribution in [-0.2, 0) is 6.54 Å². The predicted molar refractivity (Wildman–Crippen MR) is 115 cm³/mol. The predicted octanol–water partition coefficient (Wildman–Crippen LogP) is 4.16. The van der Waals surface area contributed by atoms with Gasteiger partial charge in [0, 0.05) is 44.6 Å². The van der Waals surface area contributed by atoms with Gasteiger partial charge in [0.25, 0.3) is 0 Å². The minimum atomic E-state index is 0.800. The maximum Gasteiger partial charge on any atom is 0.227 e. The Morgan fingerprint density at radius 2 is 1.61 bits per heavy atom. The minimum absolute atomic E-state index is 0.800. The lowest BCUT2D eigenvalue weighted by atomic mass is 10.1. The van der Waals surface area contributed by atoms with Gasteiger partial charge in [-0.3, -0.25) is 4.90 Å². The van der Waals surface area contributed by atoms with E-state index in [1.54, 1.807) is 0 Å². The second kappa shape index (κ2) is 8.40. The molecule has 144 valence electrons. The summed E-state index contributed by atoms with van der Waals surface area (Å²) in [5, 5.41) is 3.42. The van der Waals surface area contributed by atoms with Crippen LogP contribution < -0.4 is 10.2 Å². The summed E-state index contributed by atoms with van der Waals surface area (Å²) in [5.74, 6) is 1.63. The van der Waals surface area contributed by atoms with Gasteiger partial charge < -0.3 is 10.2 Å². The zero-order valence-corrected chi connectivity index (χ0v) is 16.6. The van der Waals surface area contributed by atoms with Gasteiger partial charge in [-0.15, -0.1) is 0 Å². The van der Waals surface area contributed by atoms with Gasteiger partial charge in [0.15, 0.2) is 0 Å². The average molecular weight is 374 g/mol. The normalized spacial score (nSPS) is 14.9. The van der Waals surface area contributed by atoms with Crippen LogP contribution in [0.1, 0.15) is 16.7 Å². The molecule has 0 saturated carbocycles. The SMILES string of the molecule is Cc1cc(C)cc(Nc2ccnc(N3CCN(Cc4ccccc4)CC3)n2)c1. The third kappa shape index (κ3) is 4.67. The van der Waals surface area contributed by atoms with Crippen LogP contribution in [0.5, 0.6) is 0 Å². The zero-order chi connectivity index (χ0) is 19.3. The molecule has 0 radical (unpaired) electrons. The average Bonchev–Trinajstić information content (AvgIpc) is 2.69. The molecule has 3 aromatic rings. The first-order chi connectivity index (χ1) is 13.7. The summed E-state index contributed by atoms with van der Waals surface area (Å²) < 4.78 is 0. The summed E-state index contributed by atoms with van der Waals surface area (Å²) in [6.45, 7) is 9.15. The summed E-state index contributed by atoms with van der Waals surface area (Å²) in [6, 6.07) is 19.0. The van der Waals surface area contributed by atoms with Crippen LogP contribution >= 0.6 is 0 Å². The molecule has 2 aromatic carbocycles. The standard InChI is InChI=1S/C23H27N5/c1-18-14-19(2)16-21(15-18)25-22-8-9-24-23(26-22)28-12-10-27(11-13-28)17-20-6-4-3-5-7-20/h3-9,14-16H,10-13,17H2,1-2H3,(H,24,25,26). The Morgan fingerprint density at radius 3 is 2.32 bits per heavy atom. The number of nitrogens with one attached hydrogen (secondary N) is 1. The monoisotopic (exact) mass is 373 g/mol. The fraction of sp³-hybridized carbons (Fsp3) is 0.304. The number of hydrogen-bond donors (Lipinski definition) is 1. The van der Waals surface area contributed by atoms with Crippen molar-refractivity contribution in [2.24, 2.45) is 0 Å². The molecule has 0 amide bonds. The number of benzene rings is 2. The van der Waals surface area contributed by atoms with E-state index in [1.807, 2.05) is 12.3 Å². The zero-order valence-electron chi connectivity index (χ0n) is 16.6. The molecule has 1 N–H and O–H groups in total. The third-order valence-electron chi connectivity index (χ3n) is 5.04. The lowest BCUT2D eigenvalue weighted by Gasteiger charge is -2.34. The van der Waals surface area contributed by atoms with Crippen molar-refractivity contribution in [2.45, 2.75) is 20.4 Å². The fourth-order valence-electron chi connectivity index (χ4n) is 3.71. The molecular formula is C23H27N5. The maximum atomic E-state index is 4.75. The Kier molecular flexibility index (Phi) is 5.53.